The zero-order valence-electron chi connectivity index (χ0n) is 10.5. The van der Waals surface area contributed by atoms with E-state index in [1.165, 1.54) is 38.5 Å². The van der Waals surface area contributed by atoms with Crippen molar-refractivity contribution < 1.29 is 0 Å². The van der Waals surface area contributed by atoms with Crippen LogP contribution >= 0.6 is 0 Å². The fourth-order valence-electron chi connectivity index (χ4n) is 5.50. The summed E-state index contributed by atoms with van der Waals surface area (Å²) in [6.07, 6.45) is 8.97. The Labute approximate surface area is 94.0 Å². The summed E-state index contributed by atoms with van der Waals surface area (Å²) in [6.45, 7) is 7.16. The number of hydrogen-bond acceptors (Lipinski definition) is 1. The fraction of sp³-hybridized carbons (Fsp3) is 1.00. The monoisotopic (exact) mass is 207 g/mol. The van der Waals surface area contributed by atoms with Gasteiger partial charge in [-0.3, -0.25) is 0 Å². The lowest BCUT2D eigenvalue weighted by molar-refractivity contribution is -0.0746. The van der Waals surface area contributed by atoms with Gasteiger partial charge in [0.1, 0.15) is 0 Å². The molecule has 0 aromatic heterocycles. The molecule has 0 aromatic carbocycles. The van der Waals surface area contributed by atoms with E-state index in [9.17, 15) is 0 Å². The van der Waals surface area contributed by atoms with E-state index in [-0.39, 0.29) is 0 Å². The van der Waals surface area contributed by atoms with Crippen LogP contribution in [0.25, 0.3) is 0 Å². The van der Waals surface area contributed by atoms with Crippen molar-refractivity contribution in [2.24, 2.45) is 17.3 Å². The molecule has 0 spiro atoms. The third kappa shape index (κ3) is 1.63. The smallest absolute Gasteiger partial charge is 0.0194 e. The minimum Gasteiger partial charge on any atom is -0.309 e. The van der Waals surface area contributed by atoms with Gasteiger partial charge in [0, 0.05) is 11.6 Å². The third-order valence-electron chi connectivity index (χ3n) is 4.95. The Morgan fingerprint density at radius 1 is 1.07 bits per heavy atom. The molecular formula is C14H25N. The van der Waals surface area contributed by atoms with Crippen molar-refractivity contribution in [2.75, 3.05) is 0 Å². The van der Waals surface area contributed by atoms with E-state index >= 15 is 0 Å². The van der Waals surface area contributed by atoms with Crippen molar-refractivity contribution in [3.05, 3.63) is 0 Å². The van der Waals surface area contributed by atoms with Crippen LogP contribution in [0.15, 0.2) is 0 Å². The Morgan fingerprint density at radius 2 is 1.67 bits per heavy atom. The summed E-state index contributed by atoms with van der Waals surface area (Å²) in [7, 11) is 0. The third-order valence-corrected chi connectivity index (χ3v) is 4.95. The Bertz CT molecular complexity index is 249. The topological polar surface area (TPSA) is 12.0 Å². The van der Waals surface area contributed by atoms with E-state index in [1.54, 1.807) is 0 Å². The lowest BCUT2D eigenvalue weighted by atomic mass is 9.47. The Balaban J connectivity index is 1.86. The molecule has 1 heteroatoms. The molecule has 0 heterocycles. The van der Waals surface area contributed by atoms with Crippen molar-refractivity contribution in [2.45, 2.75) is 70.9 Å². The first-order valence-corrected chi connectivity index (χ1v) is 6.76. The Hall–Kier alpha value is -0.0400. The van der Waals surface area contributed by atoms with E-state index in [1.807, 2.05) is 0 Å². The van der Waals surface area contributed by atoms with Crippen molar-refractivity contribution in [1.82, 2.24) is 5.32 Å². The van der Waals surface area contributed by atoms with Crippen molar-refractivity contribution in [3.8, 4) is 0 Å². The minimum atomic E-state index is 0.535. The first kappa shape index (κ1) is 10.1. The average molecular weight is 207 g/mol. The van der Waals surface area contributed by atoms with Crippen LogP contribution in [0.2, 0.25) is 0 Å². The molecular weight excluding hydrogens is 182 g/mol. The molecule has 4 fully saturated rings. The van der Waals surface area contributed by atoms with E-state index in [0.29, 0.717) is 17.0 Å². The summed E-state index contributed by atoms with van der Waals surface area (Å²) >= 11 is 0. The lowest BCUT2D eigenvalue weighted by Gasteiger charge is -2.62. The summed E-state index contributed by atoms with van der Waals surface area (Å²) in [6, 6.07) is 0.657. The molecule has 4 rings (SSSR count). The summed E-state index contributed by atoms with van der Waals surface area (Å²) < 4.78 is 0. The van der Waals surface area contributed by atoms with Gasteiger partial charge in [-0.1, -0.05) is 20.8 Å². The summed E-state index contributed by atoms with van der Waals surface area (Å²) in [5, 5.41) is 3.91. The molecule has 0 amide bonds. The second kappa shape index (κ2) is 3.00. The van der Waals surface area contributed by atoms with Crippen LogP contribution in [0, 0.1) is 17.3 Å². The molecule has 4 aliphatic carbocycles. The van der Waals surface area contributed by atoms with Gasteiger partial charge in [0.25, 0.3) is 0 Å². The maximum atomic E-state index is 3.91. The maximum Gasteiger partial charge on any atom is 0.0194 e. The van der Waals surface area contributed by atoms with Gasteiger partial charge < -0.3 is 5.32 Å². The number of hydrogen-bond donors (Lipinski definition) is 1. The highest BCUT2D eigenvalue weighted by Crippen LogP contribution is 2.61. The fourth-order valence-corrected chi connectivity index (χ4v) is 5.50. The second-order valence-corrected chi connectivity index (χ2v) is 7.35. The SMILES string of the molecule is CC(C)NC12CC3CC(CC(C)(C3)C1)C2. The molecule has 0 radical (unpaired) electrons. The maximum absolute atomic E-state index is 3.91. The van der Waals surface area contributed by atoms with Gasteiger partial charge in [-0.25, -0.2) is 0 Å². The molecule has 2 unspecified atom stereocenters. The summed E-state index contributed by atoms with van der Waals surface area (Å²) in [4.78, 5) is 0. The van der Waals surface area contributed by atoms with Gasteiger partial charge in [-0.2, -0.15) is 0 Å². The van der Waals surface area contributed by atoms with E-state index in [2.05, 4.69) is 26.1 Å². The van der Waals surface area contributed by atoms with E-state index in [4.69, 9.17) is 0 Å². The highest BCUT2D eigenvalue weighted by Gasteiger charge is 2.55. The predicted octanol–water partition coefficient (Wildman–Crippen LogP) is 3.34. The molecule has 0 saturated heterocycles. The van der Waals surface area contributed by atoms with Crippen molar-refractivity contribution >= 4 is 0 Å². The van der Waals surface area contributed by atoms with Crippen LogP contribution in [0.3, 0.4) is 0 Å². The average Bonchev–Trinajstić information content (AvgIpc) is 1.94. The van der Waals surface area contributed by atoms with E-state index in [0.717, 1.165) is 11.8 Å². The number of rotatable bonds is 2. The molecule has 4 aliphatic rings. The molecule has 4 bridgehead atoms. The molecule has 1 N–H and O–H groups in total. The van der Waals surface area contributed by atoms with Gasteiger partial charge in [0.2, 0.25) is 0 Å². The summed E-state index contributed by atoms with van der Waals surface area (Å²) in [5.41, 5.74) is 1.22. The van der Waals surface area contributed by atoms with Gasteiger partial charge in [-0.15, -0.1) is 0 Å². The second-order valence-electron chi connectivity index (χ2n) is 7.35. The highest BCUT2D eigenvalue weighted by molar-refractivity contribution is 5.10. The highest BCUT2D eigenvalue weighted by atomic mass is 15.0. The van der Waals surface area contributed by atoms with Crippen LogP contribution < -0.4 is 5.32 Å². The van der Waals surface area contributed by atoms with Crippen LogP contribution in [0.1, 0.15) is 59.3 Å². The van der Waals surface area contributed by atoms with Crippen molar-refractivity contribution in [3.63, 3.8) is 0 Å². The van der Waals surface area contributed by atoms with Crippen LogP contribution in [0.4, 0.5) is 0 Å². The number of nitrogens with one attached hydrogen (secondary N) is 1. The molecule has 0 aromatic rings. The normalized spacial score (nSPS) is 52.8. The van der Waals surface area contributed by atoms with Crippen molar-refractivity contribution in [1.29, 1.82) is 0 Å². The quantitative estimate of drug-likeness (QED) is 0.732. The Kier molecular flexibility index (Phi) is 2.03. The van der Waals surface area contributed by atoms with Crippen LogP contribution in [-0.2, 0) is 0 Å². The van der Waals surface area contributed by atoms with Gasteiger partial charge in [-0.05, 0) is 55.8 Å². The molecule has 86 valence electrons. The molecule has 0 aliphatic heterocycles. The lowest BCUT2D eigenvalue weighted by Crippen LogP contribution is -2.62. The zero-order chi connectivity index (χ0) is 10.7. The van der Waals surface area contributed by atoms with Gasteiger partial charge in [0.05, 0.1) is 0 Å². The van der Waals surface area contributed by atoms with Gasteiger partial charge in [0.15, 0.2) is 0 Å². The van der Waals surface area contributed by atoms with E-state index < -0.39 is 0 Å². The largest absolute Gasteiger partial charge is 0.309 e. The Morgan fingerprint density at radius 3 is 2.13 bits per heavy atom. The van der Waals surface area contributed by atoms with Crippen LogP contribution in [0.5, 0.6) is 0 Å². The summed E-state index contributed by atoms with van der Waals surface area (Å²) in [5.74, 6) is 2.09. The van der Waals surface area contributed by atoms with Gasteiger partial charge >= 0.3 is 0 Å². The van der Waals surface area contributed by atoms with Crippen LogP contribution in [-0.4, -0.2) is 11.6 Å². The first-order chi connectivity index (χ1) is 6.99. The standard InChI is InChI=1S/C14H25N/c1-10(2)15-14-7-11-4-12(8-14)6-13(3,5-11)9-14/h10-12,15H,4-9H2,1-3H3. The first-order valence-electron chi connectivity index (χ1n) is 6.76. The molecule has 1 nitrogen and oxygen atoms in total. The molecule has 15 heavy (non-hydrogen) atoms. The zero-order valence-corrected chi connectivity index (χ0v) is 10.5. The minimum absolute atomic E-state index is 0.535. The predicted molar refractivity (Wildman–Crippen MR) is 63.8 cm³/mol. The molecule has 4 saturated carbocycles. The molecule has 2 atom stereocenters.